The lowest BCUT2D eigenvalue weighted by Crippen LogP contribution is -2.30. The van der Waals surface area contributed by atoms with E-state index in [9.17, 15) is 4.79 Å². The van der Waals surface area contributed by atoms with E-state index in [0.717, 1.165) is 19.3 Å². The largest absolute Gasteiger partial charge is 0.349 e. The highest BCUT2D eigenvalue weighted by Crippen LogP contribution is 2.33. The third-order valence-electron chi connectivity index (χ3n) is 2.64. The van der Waals surface area contributed by atoms with E-state index in [0.29, 0.717) is 6.04 Å². The zero-order valence-electron chi connectivity index (χ0n) is 7.05. The Kier molecular flexibility index (Phi) is 1.75. The minimum Gasteiger partial charge on any atom is -0.349 e. The molecule has 0 saturated carbocycles. The van der Waals surface area contributed by atoms with Gasteiger partial charge in [-0.25, -0.2) is 0 Å². The molecule has 2 heteroatoms. The van der Waals surface area contributed by atoms with Crippen molar-refractivity contribution >= 4 is 5.91 Å². The van der Waals surface area contributed by atoms with E-state index in [1.54, 1.807) is 0 Å². The number of allylic oxidation sites excluding steroid dienone is 1. The second kappa shape index (κ2) is 2.77. The summed E-state index contributed by atoms with van der Waals surface area (Å²) in [7, 11) is 0. The van der Waals surface area contributed by atoms with Crippen molar-refractivity contribution in [3.8, 4) is 0 Å². The molecule has 1 saturated heterocycles. The molecule has 1 aliphatic carbocycles. The highest BCUT2D eigenvalue weighted by atomic mass is 16.2. The van der Waals surface area contributed by atoms with E-state index < -0.39 is 0 Å². The van der Waals surface area contributed by atoms with Crippen molar-refractivity contribution in [2.75, 3.05) is 0 Å². The van der Waals surface area contributed by atoms with Crippen LogP contribution < -0.4 is 5.32 Å². The van der Waals surface area contributed by atoms with E-state index in [-0.39, 0.29) is 11.8 Å². The maximum Gasteiger partial charge on any atom is 0.227 e. The number of carbonyl (C=O) groups excluding carboxylic acids is 1. The predicted molar refractivity (Wildman–Crippen MR) is 47.6 cm³/mol. The van der Waals surface area contributed by atoms with Crippen LogP contribution in [0, 0.1) is 5.92 Å². The van der Waals surface area contributed by atoms with E-state index in [1.165, 1.54) is 5.57 Å². The van der Waals surface area contributed by atoms with Crippen LogP contribution in [-0.4, -0.2) is 11.9 Å². The topological polar surface area (TPSA) is 29.1 Å². The zero-order valence-corrected chi connectivity index (χ0v) is 7.05. The van der Waals surface area contributed by atoms with Crippen molar-refractivity contribution in [2.45, 2.75) is 25.3 Å². The van der Waals surface area contributed by atoms with Crippen molar-refractivity contribution < 1.29 is 4.79 Å². The Bertz CT molecular complexity index is 255. The van der Waals surface area contributed by atoms with Gasteiger partial charge in [0.25, 0.3) is 0 Å². The Morgan fingerprint density at radius 3 is 3.08 bits per heavy atom. The highest BCUT2D eigenvalue weighted by Gasteiger charge is 2.37. The van der Waals surface area contributed by atoms with E-state index in [4.69, 9.17) is 0 Å². The van der Waals surface area contributed by atoms with Gasteiger partial charge in [-0.2, -0.15) is 0 Å². The number of hydrogen-bond donors (Lipinski definition) is 1. The van der Waals surface area contributed by atoms with Crippen LogP contribution in [0.3, 0.4) is 0 Å². The van der Waals surface area contributed by atoms with E-state index in [1.807, 2.05) is 6.08 Å². The van der Waals surface area contributed by atoms with Crippen LogP contribution in [0.15, 0.2) is 24.3 Å². The molecule has 2 aliphatic rings. The van der Waals surface area contributed by atoms with Crippen LogP contribution in [0.2, 0.25) is 0 Å². The Morgan fingerprint density at radius 1 is 1.75 bits per heavy atom. The maximum absolute atomic E-state index is 11.1. The summed E-state index contributed by atoms with van der Waals surface area (Å²) < 4.78 is 0. The van der Waals surface area contributed by atoms with Gasteiger partial charge in [-0.15, -0.1) is 6.58 Å². The van der Waals surface area contributed by atoms with Crippen LogP contribution in [0.4, 0.5) is 0 Å². The van der Waals surface area contributed by atoms with Crippen LogP contribution >= 0.6 is 0 Å². The lowest BCUT2D eigenvalue weighted by molar-refractivity contribution is -0.121. The molecule has 1 N–H and O–H groups in total. The molecule has 2 bridgehead atoms. The Labute approximate surface area is 72.3 Å². The summed E-state index contributed by atoms with van der Waals surface area (Å²) in [5.41, 5.74) is 1.40. The first-order valence-corrected chi connectivity index (χ1v) is 4.43. The fourth-order valence-electron chi connectivity index (χ4n) is 1.99. The summed E-state index contributed by atoms with van der Waals surface area (Å²) in [4.78, 5) is 11.1. The summed E-state index contributed by atoms with van der Waals surface area (Å²) >= 11 is 0. The van der Waals surface area contributed by atoms with Crippen molar-refractivity contribution in [2.24, 2.45) is 5.92 Å². The fraction of sp³-hybridized carbons (Fsp3) is 0.500. The first-order chi connectivity index (χ1) is 5.81. The van der Waals surface area contributed by atoms with Crippen molar-refractivity contribution in [3.63, 3.8) is 0 Å². The SMILES string of the molecule is C=CCCC1=C[C@H]2C[C@@H]1NC2=O. The minimum absolute atomic E-state index is 0.176. The van der Waals surface area contributed by atoms with Crippen molar-refractivity contribution in [1.29, 1.82) is 0 Å². The van der Waals surface area contributed by atoms with Gasteiger partial charge in [-0.1, -0.05) is 17.7 Å². The van der Waals surface area contributed by atoms with Crippen LogP contribution in [0.5, 0.6) is 0 Å². The molecule has 2 atom stereocenters. The predicted octanol–water partition coefficient (Wildman–Crippen LogP) is 1.40. The highest BCUT2D eigenvalue weighted by molar-refractivity contribution is 5.85. The first kappa shape index (κ1) is 7.59. The van der Waals surface area contributed by atoms with Gasteiger partial charge in [0.1, 0.15) is 0 Å². The standard InChI is InChI=1S/C10H13NO/c1-2-3-4-7-5-8-6-9(7)11-10(8)12/h2,5,8-9H,1,3-4,6H2,(H,11,12)/t8-,9-/m0/s1. The quantitative estimate of drug-likeness (QED) is 0.626. The van der Waals surface area contributed by atoms with Gasteiger partial charge in [0.2, 0.25) is 5.91 Å². The van der Waals surface area contributed by atoms with Gasteiger partial charge >= 0.3 is 0 Å². The van der Waals surface area contributed by atoms with Gasteiger partial charge in [-0.05, 0) is 19.3 Å². The average molecular weight is 163 g/mol. The molecule has 0 radical (unpaired) electrons. The first-order valence-electron chi connectivity index (χ1n) is 4.43. The lowest BCUT2D eigenvalue weighted by atomic mass is 10.1. The molecule has 0 aromatic heterocycles. The molecule has 2 rings (SSSR count). The zero-order chi connectivity index (χ0) is 8.55. The molecule has 1 aliphatic heterocycles. The number of hydrogen-bond acceptors (Lipinski definition) is 1. The van der Waals surface area contributed by atoms with Crippen LogP contribution in [0.25, 0.3) is 0 Å². The number of nitrogens with one attached hydrogen (secondary N) is 1. The normalized spacial score (nSPS) is 31.7. The number of carbonyl (C=O) groups is 1. The molecule has 2 nitrogen and oxygen atoms in total. The number of fused-ring (bicyclic) bond motifs is 2. The monoisotopic (exact) mass is 163 g/mol. The third-order valence-corrected chi connectivity index (χ3v) is 2.64. The Balaban J connectivity index is 2.02. The maximum atomic E-state index is 11.1. The molecule has 1 amide bonds. The van der Waals surface area contributed by atoms with Gasteiger partial charge in [-0.3, -0.25) is 4.79 Å². The second-order valence-electron chi connectivity index (χ2n) is 3.47. The van der Waals surface area contributed by atoms with Gasteiger partial charge in [0.05, 0.1) is 12.0 Å². The van der Waals surface area contributed by atoms with Gasteiger partial charge < -0.3 is 5.32 Å². The molecule has 0 aromatic rings. The molecule has 1 heterocycles. The summed E-state index contributed by atoms with van der Waals surface area (Å²) in [6, 6.07) is 0.349. The Hall–Kier alpha value is -1.05. The molecule has 0 unspecified atom stereocenters. The summed E-state index contributed by atoms with van der Waals surface area (Å²) in [6.45, 7) is 3.68. The van der Waals surface area contributed by atoms with Crippen molar-refractivity contribution in [3.05, 3.63) is 24.3 Å². The number of amides is 1. The van der Waals surface area contributed by atoms with E-state index in [2.05, 4.69) is 18.0 Å². The Morgan fingerprint density at radius 2 is 2.58 bits per heavy atom. The molecule has 12 heavy (non-hydrogen) atoms. The van der Waals surface area contributed by atoms with Crippen LogP contribution in [-0.2, 0) is 4.79 Å². The van der Waals surface area contributed by atoms with Gasteiger partial charge in [0.15, 0.2) is 0 Å². The van der Waals surface area contributed by atoms with E-state index >= 15 is 0 Å². The molecule has 0 aromatic carbocycles. The van der Waals surface area contributed by atoms with Crippen molar-refractivity contribution in [1.82, 2.24) is 5.32 Å². The smallest absolute Gasteiger partial charge is 0.227 e. The molecule has 64 valence electrons. The fourth-order valence-corrected chi connectivity index (χ4v) is 1.99. The van der Waals surface area contributed by atoms with Gasteiger partial charge in [0, 0.05) is 0 Å². The summed E-state index contributed by atoms with van der Waals surface area (Å²) in [6.07, 6.45) is 7.13. The summed E-state index contributed by atoms with van der Waals surface area (Å²) in [5, 5.41) is 2.97. The third kappa shape index (κ3) is 1.07. The summed E-state index contributed by atoms with van der Waals surface area (Å²) in [5.74, 6) is 0.386. The lowest BCUT2D eigenvalue weighted by Gasteiger charge is -2.13. The molecule has 0 spiro atoms. The second-order valence-corrected chi connectivity index (χ2v) is 3.47. The molecular formula is C10H13NO. The average Bonchev–Trinajstić information content (AvgIpc) is 2.58. The van der Waals surface area contributed by atoms with Crippen LogP contribution in [0.1, 0.15) is 19.3 Å². The number of rotatable bonds is 3. The minimum atomic E-state index is 0.176. The molecular weight excluding hydrogens is 150 g/mol. The molecule has 1 fully saturated rings.